The number of anilines is 3. The number of para-hydroxylation sites is 1. The molecule has 1 saturated carbocycles. The summed E-state index contributed by atoms with van der Waals surface area (Å²) in [6.45, 7) is 2.40. The Balaban J connectivity index is 1.01. The van der Waals surface area contributed by atoms with Gasteiger partial charge in [-0.1, -0.05) is 213 Å². The van der Waals surface area contributed by atoms with Crippen LogP contribution in [0.15, 0.2) is 224 Å². The fraction of sp³-hybridized carbons (Fsp3) is 0.125. The predicted molar refractivity (Wildman–Crippen MR) is 276 cm³/mol. The van der Waals surface area contributed by atoms with Crippen LogP contribution in [-0.2, 0) is 5.41 Å². The Labute approximate surface area is 383 Å². The van der Waals surface area contributed by atoms with Crippen molar-refractivity contribution >= 4 is 38.6 Å². The Hall–Kier alpha value is -7.48. The van der Waals surface area contributed by atoms with Crippen LogP contribution in [0.4, 0.5) is 17.1 Å². The van der Waals surface area contributed by atoms with Crippen molar-refractivity contribution in [3.05, 3.63) is 247 Å². The van der Waals surface area contributed by atoms with Crippen molar-refractivity contribution in [2.45, 2.75) is 50.4 Å². The van der Waals surface area contributed by atoms with Gasteiger partial charge in [0.05, 0.1) is 5.69 Å². The number of fused-ring (bicyclic) bond motifs is 5. The Kier molecular flexibility index (Phi) is 9.79. The van der Waals surface area contributed by atoms with Crippen molar-refractivity contribution in [1.29, 1.82) is 0 Å². The summed E-state index contributed by atoms with van der Waals surface area (Å²) in [5.41, 5.74) is 18.8. The van der Waals surface area contributed by atoms with Gasteiger partial charge in [-0.2, -0.15) is 0 Å². The van der Waals surface area contributed by atoms with E-state index in [-0.39, 0.29) is 5.41 Å². The number of benzene rings is 10. The minimum Gasteiger partial charge on any atom is -0.310 e. The lowest BCUT2D eigenvalue weighted by molar-refractivity contribution is 0.445. The van der Waals surface area contributed by atoms with E-state index in [9.17, 15) is 0 Å². The molecule has 312 valence electrons. The van der Waals surface area contributed by atoms with Crippen LogP contribution in [0.3, 0.4) is 0 Å². The van der Waals surface area contributed by atoms with E-state index in [0.29, 0.717) is 5.92 Å². The summed E-state index contributed by atoms with van der Waals surface area (Å²) >= 11 is 0. The fourth-order valence-electron chi connectivity index (χ4n) is 11.6. The van der Waals surface area contributed by atoms with Crippen molar-refractivity contribution in [2.24, 2.45) is 0 Å². The normalized spacial score (nSPS) is 15.8. The summed E-state index contributed by atoms with van der Waals surface area (Å²) in [5, 5.41) is 5.24. The standard InChI is InChI=1S/C64H51N/c1-64(49-24-6-3-7-25-49)59-33-12-10-28-58(59)63-55(31-17-34-60(63)64)47-38-42-51(43-39-47)65(50-40-36-46(37-41-50)53-29-14-21-44-20-8-9-26-52(44)53)61-35-13-11-27-56(61)57-32-16-23-48-22-15-30-54(62(48)57)45-18-4-2-5-19-45/h3,6-17,20-43,45H,2,4-5,18-19H2,1H3. The molecule has 0 N–H and O–H groups in total. The largest absolute Gasteiger partial charge is 0.310 e. The van der Waals surface area contributed by atoms with Gasteiger partial charge in [-0.25, -0.2) is 0 Å². The maximum absolute atomic E-state index is 2.48. The molecule has 1 unspecified atom stereocenters. The summed E-state index contributed by atoms with van der Waals surface area (Å²) in [4.78, 5) is 2.48. The minimum absolute atomic E-state index is 0.250. The predicted octanol–water partition coefficient (Wildman–Crippen LogP) is 17.8. The lowest BCUT2D eigenvalue weighted by Gasteiger charge is -2.29. The molecule has 10 aromatic rings. The second-order valence-corrected chi connectivity index (χ2v) is 18.3. The van der Waals surface area contributed by atoms with Gasteiger partial charge in [0.25, 0.3) is 0 Å². The Morgan fingerprint density at radius 2 is 0.938 bits per heavy atom. The highest BCUT2D eigenvalue weighted by Crippen LogP contribution is 2.55. The van der Waals surface area contributed by atoms with E-state index >= 15 is 0 Å². The molecule has 12 rings (SSSR count). The van der Waals surface area contributed by atoms with Crippen molar-refractivity contribution in [2.75, 3.05) is 4.90 Å². The highest BCUT2D eigenvalue weighted by molar-refractivity contribution is 6.04. The van der Waals surface area contributed by atoms with E-state index in [1.807, 2.05) is 0 Å². The SMILES string of the molecule is CC1(c2ccccc2)c2ccccc2-c2c(-c3ccc(N(c4ccc(-c5cccc6ccccc56)cc4)c4ccccc4-c4cccc5cccc(C6CCCCC6)c45)cc3)cccc21. The maximum atomic E-state index is 2.48. The topological polar surface area (TPSA) is 3.24 Å². The van der Waals surface area contributed by atoms with Crippen LogP contribution in [0.25, 0.3) is 66.1 Å². The van der Waals surface area contributed by atoms with E-state index in [1.165, 1.54) is 120 Å². The zero-order valence-electron chi connectivity index (χ0n) is 36.9. The summed E-state index contributed by atoms with van der Waals surface area (Å²) in [7, 11) is 0. The molecule has 10 aromatic carbocycles. The average Bonchev–Trinajstić information content (AvgIpc) is 3.65. The lowest BCUT2D eigenvalue weighted by Crippen LogP contribution is -2.22. The van der Waals surface area contributed by atoms with E-state index in [0.717, 1.165) is 17.1 Å². The van der Waals surface area contributed by atoms with Crippen LogP contribution in [0.5, 0.6) is 0 Å². The molecule has 0 spiro atoms. The molecule has 0 saturated heterocycles. The molecule has 1 fully saturated rings. The third kappa shape index (κ3) is 6.60. The molecule has 0 amide bonds. The molecule has 1 heteroatoms. The first kappa shape index (κ1) is 39.1. The summed E-state index contributed by atoms with van der Waals surface area (Å²) in [6.07, 6.45) is 6.49. The monoisotopic (exact) mass is 833 g/mol. The minimum atomic E-state index is -0.250. The zero-order chi connectivity index (χ0) is 43.3. The Bertz CT molecular complexity index is 3350. The second-order valence-electron chi connectivity index (χ2n) is 18.3. The van der Waals surface area contributed by atoms with Gasteiger partial charge < -0.3 is 4.90 Å². The van der Waals surface area contributed by atoms with Crippen molar-refractivity contribution in [3.8, 4) is 44.5 Å². The van der Waals surface area contributed by atoms with Crippen molar-refractivity contribution in [3.63, 3.8) is 0 Å². The maximum Gasteiger partial charge on any atom is 0.0540 e. The molecule has 0 bridgehead atoms. The van der Waals surface area contributed by atoms with Gasteiger partial charge in [-0.15, -0.1) is 0 Å². The third-order valence-electron chi connectivity index (χ3n) is 14.8. The number of nitrogens with zero attached hydrogens (tertiary/aromatic N) is 1. The van der Waals surface area contributed by atoms with Gasteiger partial charge in [0.2, 0.25) is 0 Å². The number of rotatable bonds is 8. The number of hydrogen-bond acceptors (Lipinski definition) is 1. The molecule has 0 heterocycles. The molecule has 0 aromatic heterocycles. The zero-order valence-corrected chi connectivity index (χ0v) is 36.9. The van der Waals surface area contributed by atoms with Gasteiger partial charge in [-0.3, -0.25) is 0 Å². The van der Waals surface area contributed by atoms with Crippen LogP contribution in [0.1, 0.15) is 67.2 Å². The van der Waals surface area contributed by atoms with E-state index in [2.05, 4.69) is 236 Å². The van der Waals surface area contributed by atoms with E-state index < -0.39 is 0 Å². The second kappa shape index (κ2) is 16.3. The Morgan fingerprint density at radius 1 is 0.400 bits per heavy atom. The van der Waals surface area contributed by atoms with Crippen LogP contribution in [0.2, 0.25) is 0 Å². The first-order valence-electron chi connectivity index (χ1n) is 23.5. The fourth-order valence-corrected chi connectivity index (χ4v) is 11.6. The molecule has 0 radical (unpaired) electrons. The van der Waals surface area contributed by atoms with Gasteiger partial charge in [0, 0.05) is 22.4 Å². The first-order valence-corrected chi connectivity index (χ1v) is 23.5. The molecular weight excluding hydrogens is 783 g/mol. The van der Waals surface area contributed by atoms with Crippen molar-refractivity contribution in [1.82, 2.24) is 0 Å². The Morgan fingerprint density at radius 3 is 1.71 bits per heavy atom. The summed E-state index contributed by atoms with van der Waals surface area (Å²) < 4.78 is 0. The van der Waals surface area contributed by atoms with Gasteiger partial charge >= 0.3 is 0 Å². The average molecular weight is 834 g/mol. The van der Waals surface area contributed by atoms with Crippen LogP contribution in [0, 0.1) is 0 Å². The van der Waals surface area contributed by atoms with E-state index in [1.54, 1.807) is 0 Å². The van der Waals surface area contributed by atoms with Crippen LogP contribution in [-0.4, -0.2) is 0 Å². The molecule has 1 nitrogen and oxygen atoms in total. The van der Waals surface area contributed by atoms with Crippen LogP contribution >= 0.6 is 0 Å². The van der Waals surface area contributed by atoms with E-state index in [4.69, 9.17) is 0 Å². The van der Waals surface area contributed by atoms with Gasteiger partial charge in [-0.05, 0) is 139 Å². The first-order chi connectivity index (χ1) is 32.1. The van der Waals surface area contributed by atoms with Gasteiger partial charge in [0.1, 0.15) is 0 Å². The lowest BCUT2D eigenvalue weighted by atomic mass is 9.74. The number of hydrogen-bond donors (Lipinski definition) is 0. The smallest absolute Gasteiger partial charge is 0.0540 e. The highest BCUT2D eigenvalue weighted by Gasteiger charge is 2.41. The molecule has 2 aliphatic carbocycles. The quantitative estimate of drug-likeness (QED) is 0.147. The molecule has 65 heavy (non-hydrogen) atoms. The molecule has 1 atom stereocenters. The van der Waals surface area contributed by atoms with Gasteiger partial charge in [0.15, 0.2) is 0 Å². The molecule has 2 aliphatic rings. The van der Waals surface area contributed by atoms with Crippen LogP contribution < -0.4 is 4.90 Å². The summed E-state index contributed by atoms with van der Waals surface area (Å²) in [5.74, 6) is 0.586. The third-order valence-corrected chi connectivity index (χ3v) is 14.8. The molecular formula is C64H51N. The molecule has 0 aliphatic heterocycles. The summed E-state index contributed by atoms with van der Waals surface area (Å²) in [6, 6.07) is 83.8. The highest BCUT2D eigenvalue weighted by atomic mass is 15.1. The van der Waals surface area contributed by atoms with Crippen molar-refractivity contribution < 1.29 is 0 Å².